The molecule has 1 N–H and O–H groups in total. The number of oxazole rings is 1. The zero-order chi connectivity index (χ0) is 22.0. The van der Waals surface area contributed by atoms with Gasteiger partial charge in [-0.05, 0) is 44.2 Å². The number of nitrogens with zero attached hydrogens (tertiary/aromatic N) is 4. The van der Waals surface area contributed by atoms with E-state index in [-0.39, 0.29) is 11.6 Å². The molecule has 0 unspecified atom stereocenters. The molecule has 0 atom stereocenters. The molecule has 2 heterocycles. The van der Waals surface area contributed by atoms with Crippen molar-refractivity contribution in [1.82, 2.24) is 20.0 Å². The van der Waals surface area contributed by atoms with Gasteiger partial charge in [-0.2, -0.15) is 0 Å². The monoisotopic (exact) mass is 437 g/mol. The molecule has 0 radical (unpaired) electrons. The number of methoxy groups -OCH3 is 1. The number of rotatable bonds is 6. The van der Waals surface area contributed by atoms with Crippen molar-refractivity contribution in [2.75, 3.05) is 12.4 Å². The zero-order valence-corrected chi connectivity index (χ0v) is 18.0. The first kappa shape index (κ1) is 20.6. The second-order valence-electron chi connectivity index (χ2n) is 6.87. The maximum absolute atomic E-state index is 12.7. The third-order valence-corrected chi connectivity index (χ3v) is 5.12. The molecule has 0 saturated carbocycles. The number of carbonyl (C=O) groups excluding carboxylic acids is 1. The lowest BCUT2D eigenvalue weighted by molar-refractivity contribution is 0.102. The van der Waals surface area contributed by atoms with E-state index in [0.29, 0.717) is 40.3 Å². The number of hydrogen-bond donors (Lipinski definition) is 1. The fourth-order valence-electron chi connectivity index (χ4n) is 3.08. The number of hydrogen-bond acceptors (Lipinski definition) is 6. The molecular weight excluding hydrogens is 418 g/mol. The van der Waals surface area contributed by atoms with E-state index < -0.39 is 0 Å². The molecular formula is C22H20ClN5O3. The molecule has 0 aliphatic rings. The van der Waals surface area contributed by atoms with E-state index in [1.807, 2.05) is 37.3 Å². The van der Waals surface area contributed by atoms with Crippen molar-refractivity contribution < 1.29 is 13.9 Å². The van der Waals surface area contributed by atoms with E-state index in [1.54, 1.807) is 29.8 Å². The van der Waals surface area contributed by atoms with Crippen LogP contribution in [-0.4, -0.2) is 33.0 Å². The molecule has 0 saturated heterocycles. The van der Waals surface area contributed by atoms with Gasteiger partial charge in [0.25, 0.3) is 5.91 Å². The van der Waals surface area contributed by atoms with Crippen molar-refractivity contribution in [3.8, 4) is 17.2 Å². The van der Waals surface area contributed by atoms with Crippen LogP contribution in [0.25, 0.3) is 11.5 Å². The average Bonchev–Trinajstić information content (AvgIpc) is 3.32. The molecule has 1 amide bonds. The third kappa shape index (κ3) is 4.29. The quantitative estimate of drug-likeness (QED) is 0.476. The number of benzene rings is 2. The molecule has 0 fully saturated rings. The largest absolute Gasteiger partial charge is 0.495 e. The topological polar surface area (TPSA) is 95.1 Å². The van der Waals surface area contributed by atoms with Gasteiger partial charge in [0.15, 0.2) is 5.69 Å². The number of aryl methyl sites for hydroxylation is 1. The Balaban J connectivity index is 1.51. The van der Waals surface area contributed by atoms with Crippen molar-refractivity contribution in [1.29, 1.82) is 0 Å². The number of anilines is 1. The molecule has 4 aromatic rings. The van der Waals surface area contributed by atoms with Crippen LogP contribution in [0.4, 0.5) is 5.69 Å². The van der Waals surface area contributed by atoms with E-state index in [2.05, 4.69) is 20.6 Å². The van der Waals surface area contributed by atoms with Gasteiger partial charge in [0.05, 0.1) is 24.4 Å². The molecule has 158 valence electrons. The summed E-state index contributed by atoms with van der Waals surface area (Å²) in [6.07, 6.45) is 0. The van der Waals surface area contributed by atoms with Crippen LogP contribution in [0.3, 0.4) is 0 Å². The molecule has 2 aromatic carbocycles. The Morgan fingerprint density at radius 3 is 2.68 bits per heavy atom. The van der Waals surface area contributed by atoms with E-state index >= 15 is 0 Å². The lowest BCUT2D eigenvalue weighted by Gasteiger charge is -2.07. The standard InChI is InChI=1S/C22H20ClN5O3/c1-13-20(21(29)24-16-9-10-19(30-3)17(23)11-16)26-27-28(13)12-18-14(2)31-22(25-18)15-7-5-4-6-8-15/h4-11H,12H2,1-3H3,(H,24,29). The van der Waals surface area contributed by atoms with Crippen LogP contribution in [0.5, 0.6) is 5.75 Å². The molecule has 9 heteroatoms. The van der Waals surface area contributed by atoms with Crippen LogP contribution in [-0.2, 0) is 6.54 Å². The fourth-order valence-corrected chi connectivity index (χ4v) is 3.33. The van der Waals surface area contributed by atoms with E-state index in [4.69, 9.17) is 20.8 Å². The summed E-state index contributed by atoms with van der Waals surface area (Å²) in [5, 5.41) is 11.3. The predicted octanol–water partition coefficient (Wildman–Crippen LogP) is 4.51. The maximum Gasteiger partial charge on any atom is 0.278 e. The summed E-state index contributed by atoms with van der Waals surface area (Å²) in [4.78, 5) is 17.3. The average molecular weight is 438 g/mol. The van der Waals surface area contributed by atoms with Crippen LogP contribution >= 0.6 is 11.6 Å². The summed E-state index contributed by atoms with van der Waals surface area (Å²) in [5.41, 5.74) is 2.98. The first-order valence-electron chi connectivity index (χ1n) is 9.53. The highest BCUT2D eigenvalue weighted by Gasteiger charge is 2.19. The van der Waals surface area contributed by atoms with Gasteiger partial charge in [-0.3, -0.25) is 4.79 Å². The summed E-state index contributed by atoms with van der Waals surface area (Å²) >= 11 is 6.12. The Labute approximate surface area is 183 Å². The Morgan fingerprint density at radius 2 is 1.97 bits per heavy atom. The number of aromatic nitrogens is 4. The summed E-state index contributed by atoms with van der Waals surface area (Å²) in [7, 11) is 1.53. The summed E-state index contributed by atoms with van der Waals surface area (Å²) in [6.45, 7) is 3.97. The normalized spacial score (nSPS) is 10.8. The summed E-state index contributed by atoms with van der Waals surface area (Å²) in [6, 6.07) is 14.7. The fraction of sp³-hybridized carbons (Fsp3) is 0.182. The Kier molecular flexibility index (Phi) is 5.73. The van der Waals surface area contributed by atoms with Crippen LogP contribution in [0.1, 0.15) is 27.6 Å². The van der Waals surface area contributed by atoms with Gasteiger partial charge in [-0.15, -0.1) is 5.10 Å². The van der Waals surface area contributed by atoms with Crippen molar-refractivity contribution >= 4 is 23.2 Å². The molecule has 31 heavy (non-hydrogen) atoms. The summed E-state index contributed by atoms with van der Waals surface area (Å²) < 4.78 is 12.5. The Bertz CT molecular complexity index is 1230. The van der Waals surface area contributed by atoms with Crippen molar-refractivity contribution in [2.24, 2.45) is 0 Å². The Hall–Kier alpha value is -3.65. The summed E-state index contributed by atoms with van der Waals surface area (Å²) in [5.74, 6) is 1.37. The molecule has 0 bridgehead atoms. The van der Waals surface area contributed by atoms with Crippen molar-refractivity contribution in [2.45, 2.75) is 20.4 Å². The van der Waals surface area contributed by atoms with E-state index in [9.17, 15) is 4.79 Å². The van der Waals surface area contributed by atoms with Gasteiger partial charge < -0.3 is 14.5 Å². The number of amides is 1. The van der Waals surface area contributed by atoms with Gasteiger partial charge in [0.2, 0.25) is 5.89 Å². The highest BCUT2D eigenvalue weighted by Crippen LogP contribution is 2.27. The van der Waals surface area contributed by atoms with Crippen LogP contribution in [0, 0.1) is 13.8 Å². The molecule has 0 aliphatic heterocycles. The minimum absolute atomic E-state index is 0.219. The lowest BCUT2D eigenvalue weighted by Crippen LogP contribution is -2.14. The SMILES string of the molecule is COc1ccc(NC(=O)c2nnn(Cc3nc(-c4ccccc4)oc3C)c2C)cc1Cl. The Morgan fingerprint density at radius 1 is 1.19 bits per heavy atom. The molecule has 2 aromatic heterocycles. The second kappa shape index (κ2) is 8.61. The minimum Gasteiger partial charge on any atom is -0.495 e. The molecule has 0 aliphatic carbocycles. The minimum atomic E-state index is -0.383. The van der Waals surface area contributed by atoms with Gasteiger partial charge >= 0.3 is 0 Å². The molecule has 8 nitrogen and oxygen atoms in total. The zero-order valence-electron chi connectivity index (χ0n) is 17.2. The number of nitrogens with one attached hydrogen (secondary N) is 1. The van der Waals surface area contributed by atoms with Crippen LogP contribution in [0.2, 0.25) is 5.02 Å². The first-order valence-corrected chi connectivity index (χ1v) is 9.90. The predicted molar refractivity (Wildman–Crippen MR) is 116 cm³/mol. The van der Waals surface area contributed by atoms with Gasteiger partial charge in [-0.25, -0.2) is 9.67 Å². The van der Waals surface area contributed by atoms with E-state index in [1.165, 1.54) is 7.11 Å². The van der Waals surface area contributed by atoms with Gasteiger partial charge in [-0.1, -0.05) is 35.0 Å². The molecule has 4 rings (SSSR count). The number of carbonyl (C=O) groups is 1. The van der Waals surface area contributed by atoms with Gasteiger partial charge in [0, 0.05) is 11.3 Å². The maximum atomic E-state index is 12.7. The van der Waals surface area contributed by atoms with Crippen LogP contribution < -0.4 is 10.1 Å². The smallest absolute Gasteiger partial charge is 0.278 e. The highest BCUT2D eigenvalue weighted by atomic mass is 35.5. The van der Waals surface area contributed by atoms with Crippen molar-refractivity contribution in [3.05, 3.63) is 76.4 Å². The number of halogens is 1. The van der Waals surface area contributed by atoms with Crippen LogP contribution in [0.15, 0.2) is 52.9 Å². The molecule has 0 spiro atoms. The third-order valence-electron chi connectivity index (χ3n) is 4.82. The van der Waals surface area contributed by atoms with Gasteiger partial charge in [0.1, 0.15) is 17.2 Å². The number of ether oxygens (including phenoxy) is 1. The van der Waals surface area contributed by atoms with E-state index in [0.717, 1.165) is 11.3 Å². The first-order chi connectivity index (χ1) is 15.0. The van der Waals surface area contributed by atoms with Crippen molar-refractivity contribution in [3.63, 3.8) is 0 Å². The lowest BCUT2D eigenvalue weighted by atomic mass is 10.2. The highest BCUT2D eigenvalue weighted by molar-refractivity contribution is 6.32. The second-order valence-corrected chi connectivity index (χ2v) is 7.28.